The van der Waals surface area contributed by atoms with Crippen molar-refractivity contribution in [1.29, 1.82) is 0 Å². The van der Waals surface area contributed by atoms with Gasteiger partial charge in [-0.3, -0.25) is 24.0 Å². The Balaban J connectivity index is 1.09. The number of amides is 5. The average molecular weight is 1060 g/mol. The topological polar surface area (TPSA) is 216 Å². The number of aromatic nitrogens is 2. The largest absolute Gasteiger partial charge is 0.495 e. The van der Waals surface area contributed by atoms with Crippen molar-refractivity contribution in [1.82, 2.24) is 41.0 Å². The third-order valence-corrected chi connectivity index (χ3v) is 15.3. The quantitative estimate of drug-likeness (QED) is 0.0275. The number of nitrogens with one attached hydrogen (secondary N) is 6. The summed E-state index contributed by atoms with van der Waals surface area (Å²) in [4.78, 5) is 80.3. The van der Waals surface area contributed by atoms with Gasteiger partial charge in [0, 0.05) is 44.3 Å². The molecule has 1 unspecified atom stereocenters. The highest BCUT2D eigenvalue weighted by molar-refractivity contribution is 7.70. The number of benzene rings is 3. The summed E-state index contributed by atoms with van der Waals surface area (Å²) in [5, 5.41) is 19.5. The van der Waals surface area contributed by atoms with E-state index in [4.69, 9.17) is 16.3 Å². The van der Waals surface area contributed by atoms with Gasteiger partial charge in [-0.25, -0.2) is 4.98 Å². The molecule has 74 heavy (non-hydrogen) atoms. The molecule has 17 nitrogen and oxygen atoms in total. The molecule has 0 saturated carbocycles. The van der Waals surface area contributed by atoms with Gasteiger partial charge in [-0.05, 0) is 113 Å². The maximum Gasteiger partial charge on any atom is 0.246 e. The van der Waals surface area contributed by atoms with Gasteiger partial charge in [0.1, 0.15) is 30.0 Å². The Morgan fingerprint density at radius 2 is 1.61 bits per heavy atom. The van der Waals surface area contributed by atoms with Gasteiger partial charge in [-0.2, -0.15) is 4.98 Å². The molecule has 1 saturated heterocycles. The first-order valence-corrected chi connectivity index (χ1v) is 28.6. The van der Waals surface area contributed by atoms with E-state index in [0.717, 1.165) is 29.5 Å². The van der Waals surface area contributed by atoms with Gasteiger partial charge < -0.3 is 51.0 Å². The number of hydrogen-bond acceptors (Lipinski definition) is 12. The highest BCUT2D eigenvalue weighted by Gasteiger charge is 2.45. The zero-order valence-electron chi connectivity index (χ0n) is 45.1. The van der Waals surface area contributed by atoms with Crippen LogP contribution in [0.2, 0.25) is 5.02 Å². The molecule has 5 rings (SSSR count). The molecule has 1 aliphatic heterocycles. The van der Waals surface area contributed by atoms with Crippen molar-refractivity contribution in [3.63, 3.8) is 0 Å². The van der Waals surface area contributed by atoms with Gasteiger partial charge in [0.05, 0.1) is 36.8 Å². The van der Waals surface area contributed by atoms with E-state index in [2.05, 4.69) is 41.9 Å². The minimum absolute atomic E-state index is 0.0380. The minimum atomic E-state index is -2.59. The van der Waals surface area contributed by atoms with E-state index >= 15 is 0 Å². The van der Waals surface area contributed by atoms with Crippen molar-refractivity contribution in [3.05, 3.63) is 94.6 Å². The van der Waals surface area contributed by atoms with Crippen LogP contribution in [0, 0.1) is 12.3 Å². The Morgan fingerprint density at radius 3 is 2.26 bits per heavy atom. The fourth-order valence-electron chi connectivity index (χ4n) is 8.92. The SMILES string of the molecule is CC[C@@H](NC(=O)C1C[C@H](NC(=O)CCCCCCC(=O)N(C)CCc2cc(OC)c(Nc3ncc(Cl)c(Nc4ccccc4P(C)(C)=O)n3)cc2C)CN1C(=O)[C@@H](NC(=O)[C@H](C)NC)C(C)(C)C)c1ccccc1. The first-order valence-electron chi connectivity index (χ1n) is 25.6. The van der Waals surface area contributed by atoms with Crippen molar-refractivity contribution < 1.29 is 33.3 Å². The van der Waals surface area contributed by atoms with Crippen LogP contribution in [0.1, 0.15) is 109 Å². The number of rotatable bonds is 25. The highest BCUT2D eigenvalue weighted by Crippen LogP contribution is 2.39. The number of likely N-dealkylation sites (N-methyl/N-ethyl adjacent to an activating group) is 2. The number of carbonyl (C=O) groups is 5. The lowest BCUT2D eigenvalue weighted by Gasteiger charge is -2.36. The van der Waals surface area contributed by atoms with E-state index in [-0.39, 0.29) is 60.9 Å². The average Bonchev–Trinajstić information content (AvgIpc) is 3.79. The third-order valence-electron chi connectivity index (χ3n) is 13.5. The summed E-state index contributed by atoms with van der Waals surface area (Å²) in [6.07, 6.45) is 6.47. The predicted molar refractivity (Wildman–Crippen MR) is 295 cm³/mol. The summed E-state index contributed by atoms with van der Waals surface area (Å²) in [5.74, 6) is 0.0684. The van der Waals surface area contributed by atoms with Gasteiger partial charge in [-0.15, -0.1) is 0 Å². The molecule has 0 bridgehead atoms. The van der Waals surface area contributed by atoms with E-state index < -0.39 is 36.7 Å². The molecule has 0 aliphatic carbocycles. The summed E-state index contributed by atoms with van der Waals surface area (Å²) >= 11 is 6.48. The van der Waals surface area contributed by atoms with Crippen LogP contribution in [0.5, 0.6) is 5.75 Å². The smallest absolute Gasteiger partial charge is 0.246 e. The number of para-hydroxylation sites is 1. The van der Waals surface area contributed by atoms with Crippen LogP contribution in [0.25, 0.3) is 0 Å². The fourth-order valence-corrected chi connectivity index (χ4v) is 10.2. The second-order valence-corrected chi connectivity index (χ2v) is 24.3. The molecule has 19 heteroatoms. The lowest BCUT2D eigenvalue weighted by molar-refractivity contribution is -0.144. The Bertz CT molecular complexity index is 2630. The van der Waals surface area contributed by atoms with Crippen LogP contribution in [0.3, 0.4) is 0 Å². The Morgan fingerprint density at radius 1 is 0.932 bits per heavy atom. The zero-order valence-corrected chi connectivity index (χ0v) is 46.7. The number of aryl methyl sites for hydroxylation is 1. The zero-order chi connectivity index (χ0) is 54.3. The summed E-state index contributed by atoms with van der Waals surface area (Å²) in [5.41, 5.74) is 3.59. The van der Waals surface area contributed by atoms with Gasteiger partial charge in [0.2, 0.25) is 35.5 Å². The van der Waals surface area contributed by atoms with Crippen molar-refractivity contribution in [3.8, 4) is 5.75 Å². The van der Waals surface area contributed by atoms with Crippen molar-refractivity contribution in [2.75, 3.05) is 58.3 Å². The lowest BCUT2D eigenvalue weighted by atomic mass is 9.85. The highest BCUT2D eigenvalue weighted by atomic mass is 35.5. The first kappa shape index (κ1) is 58.9. The number of nitrogens with zero attached hydrogens (tertiary/aromatic N) is 4. The molecule has 5 atom stereocenters. The standard InChI is InChI=1S/C55H78ClN10O7P/c1-12-41(37-22-16-15-17-23-37)61-52(70)44-32-39(34-66(44)53(71)49(55(4,5)6)63-51(69)36(3)57-7)59-47(67)26-18-13-14-19-27-48(68)65(8)29-28-38-31-45(73-9)43(30-35(38)2)62-54-58-33-40(56)50(64-54)60-42-24-20-21-25-46(42)74(10,11)72/h15-17,20-25,30-31,33,36,39,41,44,49,57H,12-14,18-19,26-29,32,34H2,1-11H3,(H,59,67)(H,61,70)(H,63,69)(H2,58,60,62,64)/t36-,39-,41+,44?,49+/m0/s1. The van der Waals surface area contributed by atoms with E-state index in [1.807, 2.05) is 101 Å². The van der Waals surface area contributed by atoms with Crippen LogP contribution in [0.15, 0.2) is 72.9 Å². The van der Waals surface area contributed by atoms with E-state index in [1.54, 1.807) is 46.4 Å². The van der Waals surface area contributed by atoms with Gasteiger partial charge in [0.25, 0.3) is 0 Å². The normalized spacial score (nSPS) is 15.9. The molecular formula is C55H78ClN10O7P. The van der Waals surface area contributed by atoms with Crippen molar-refractivity contribution in [2.45, 2.75) is 130 Å². The number of anilines is 4. The minimum Gasteiger partial charge on any atom is -0.495 e. The van der Waals surface area contributed by atoms with Crippen molar-refractivity contribution >= 4 is 76.7 Å². The number of likely N-dealkylation sites (tertiary alicyclic amines) is 1. The molecule has 0 radical (unpaired) electrons. The van der Waals surface area contributed by atoms with Crippen molar-refractivity contribution in [2.24, 2.45) is 5.41 Å². The summed E-state index contributed by atoms with van der Waals surface area (Å²) < 4.78 is 18.7. The molecule has 0 spiro atoms. The Labute approximate surface area is 442 Å². The van der Waals surface area contributed by atoms with Crippen LogP contribution < -0.4 is 41.9 Å². The molecule has 4 aromatic rings. The second-order valence-electron chi connectivity index (χ2n) is 20.7. The van der Waals surface area contributed by atoms with E-state index in [9.17, 15) is 28.5 Å². The number of ether oxygens (including phenoxy) is 1. The lowest BCUT2D eigenvalue weighted by Crippen LogP contribution is -2.59. The Kier molecular flexibility index (Phi) is 21.4. The predicted octanol–water partition coefficient (Wildman–Crippen LogP) is 8.02. The monoisotopic (exact) mass is 1060 g/mol. The molecule has 1 fully saturated rings. The molecule has 5 amide bonds. The van der Waals surface area contributed by atoms with Crippen LogP contribution in [-0.2, 0) is 35.0 Å². The molecule has 6 N–H and O–H groups in total. The molecule has 402 valence electrons. The number of halogens is 1. The van der Waals surface area contributed by atoms with Gasteiger partial charge in [0.15, 0.2) is 5.82 Å². The summed E-state index contributed by atoms with van der Waals surface area (Å²) in [6, 6.07) is 17.9. The summed E-state index contributed by atoms with van der Waals surface area (Å²) in [6.45, 7) is 15.4. The van der Waals surface area contributed by atoms with Crippen LogP contribution in [-0.4, -0.2) is 121 Å². The second kappa shape index (κ2) is 27.0. The summed E-state index contributed by atoms with van der Waals surface area (Å²) in [7, 11) is 2.47. The molecule has 1 aliphatic rings. The first-order chi connectivity index (χ1) is 35.0. The van der Waals surface area contributed by atoms with Crippen LogP contribution in [0.4, 0.5) is 23.1 Å². The molecule has 2 heterocycles. The number of hydrogen-bond donors (Lipinski definition) is 6. The Hall–Kier alpha value is -6.03. The van der Waals surface area contributed by atoms with E-state index in [0.29, 0.717) is 71.9 Å². The van der Waals surface area contributed by atoms with Crippen LogP contribution >= 0.6 is 18.7 Å². The molecule has 3 aromatic carbocycles. The fraction of sp³-hybridized carbons (Fsp3) is 0.509. The van der Waals surface area contributed by atoms with Gasteiger partial charge in [-0.1, -0.05) is 94.6 Å². The number of unbranched alkanes of at least 4 members (excludes halogenated alkanes) is 3. The maximum atomic E-state index is 14.4. The van der Waals surface area contributed by atoms with E-state index in [1.165, 1.54) is 11.1 Å². The third kappa shape index (κ3) is 16.5. The number of methoxy groups -OCH3 is 1. The van der Waals surface area contributed by atoms with Gasteiger partial charge >= 0.3 is 0 Å². The number of carbonyl (C=O) groups excluding carboxylic acids is 5. The maximum absolute atomic E-state index is 14.4. The molecule has 1 aromatic heterocycles. The molecular weight excluding hydrogens is 979 g/mol.